The first-order chi connectivity index (χ1) is 8.49. The lowest BCUT2D eigenvalue weighted by Crippen LogP contribution is -2.47. The number of hydrogen-bond acceptors (Lipinski definition) is 1. The molecule has 0 bridgehead atoms. The molecular weight excluding hydrogens is 297 g/mol. The third-order valence-corrected chi connectivity index (χ3v) is 4.41. The first-order valence-electron chi connectivity index (χ1n) is 6.26. The summed E-state index contributed by atoms with van der Waals surface area (Å²) < 4.78 is 13.6. The quantitative estimate of drug-likeness (QED) is 0.863. The van der Waals surface area contributed by atoms with E-state index in [1.807, 2.05) is 20.8 Å². The van der Waals surface area contributed by atoms with Crippen molar-refractivity contribution < 1.29 is 9.18 Å². The summed E-state index contributed by atoms with van der Waals surface area (Å²) in [7, 11) is 0. The van der Waals surface area contributed by atoms with Crippen molar-refractivity contribution in [2.24, 2.45) is 0 Å². The fourth-order valence-electron chi connectivity index (χ4n) is 2.00. The van der Waals surface area contributed by atoms with Crippen LogP contribution in [-0.2, 0) is 0 Å². The number of carbonyl (C=O) groups excluding carboxylic acids is 1. The Kier molecular flexibility index (Phi) is 5.32. The molecule has 1 aromatic carbocycles. The third-order valence-electron chi connectivity index (χ3n) is 3.61. The lowest BCUT2D eigenvalue weighted by molar-refractivity contribution is 0.0887. The normalized spacial score (nSPS) is 11.4. The molecule has 0 fully saturated rings. The highest BCUT2D eigenvalue weighted by Crippen LogP contribution is 2.24. The number of hydrogen-bond donors (Lipinski definition) is 1. The van der Waals surface area contributed by atoms with Crippen LogP contribution in [0.1, 0.15) is 50.4 Å². The Morgan fingerprint density at radius 1 is 1.28 bits per heavy atom. The van der Waals surface area contributed by atoms with E-state index in [9.17, 15) is 9.18 Å². The molecule has 0 aliphatic heterocycles. The summed E-state index contributed by atoms with van der Waals surface area (Å²) in [5, 5.41) is 3.03. The van der Waals surface area contributed by atoms with Gasteiger partial charge in [0.25, 0.3) is 5.91 Å². The number of amides is 1. The molecule has 1 aromatic rings. The maximum atomic E-state index is 13.4. The molecule has 0 heterocycles. The number of carbonyl (C=O) groups is 1. The Bertz CT molecular complexity index is 422. The van der Waals surface area contributed by atoms with Crippen LogP contribution in [0.4, 0.5) is 4.39 Å². The van der Waals surface area contributed by atoms with Gasteiger partial charge in [-0.25, -0.2) is 4.39 Å². The van der Waals surface area contributed by atoms with Gasteiger partial charge >= 0.3 is 0 Å². The van der Waals surface area contributed by atoms with Gasteiger partial charge in [0, 0.05) is 5.54 Å². The molecule has 18 heavy (non-hydrogen) atoms. The maximum absolute atomic E-state index is 13.4. The molecular formula is C14H19BrFNO. The number of benzene rings is 1. The Morgan fingerprint density at radius 2 is 1.83 bits per heavy atom. The van der Waals surface area contributed by atoms with E-state index < -0.39 is 5.82 Å². The number of nitrogens with one attached hydrogen (secondary N) is 1. The third kappa shape index (κ3) is 3.10. The van der Waals surface area contributed by atoms with Gasteiger partial charge in [-0.1, -0.05) is 26.8 Å². The smallest absolute Gasteiger partial charge is 0.252 e. The SMILES string of the molecule is CCC(CC)(CC)NC(=O)c1cccc(F)c1Br. The van der Waals surface area contributed by atoms with Crippen molar-refractivity contribution >= 4 is 21.8 Å². The second kappa shape index (κ2) is 6.32. The van der Waals surface area contributed by atoms with Crippen LogP contribution >= 0.6 is 15.9 Å². The van der Waals surface area contributed by atoms with Crippen molar-refractivity contribution in [2.75, 3.05) is 0 Å². The number of halogens is 2. The first kappa shape index (κ1) is 15.2. The van der Waals surface area contributed by atoms with E-state index in [1.165, 1.54) is 6.07 Å². The zero-order chi connectivity index (χ0) is 13.8. The van der Waals surface area contributed by atoms with Gasteiger partial charge in [-0.2, -0.15) is 0 Å². The molecule has 1 rings (SSSR count). The van der Waals surface area contributed by atoms with E-state index in [-0.39, 0.29) is 15.9 Å². The van der Waals surface area contributed by atoms with Crippen LogP contribution in [-0.4, -0.2) is 11.4 Å². The highest BCUT2D eigenvalue weighted by Gasteiger charge is 2.27. The van der Waals surface area contributed by atoms with Crippen LogP contribution < -0.4 is 5.32 Å². The van der Waals surface area contributed by atoms with Crippen LogP contribution in [0.5, 0.6) is 0 Å². The summed E-state index contributed by atoms with van der Waals surface area (Å²) >= 11 is 3.12. The van der Waals surface area contributed by atoms with Gasteiger partial charge in [-0.05, 0) is 47.3 Å². The Balaban J connectivity index is 2.98. The summed E-state index contributed by atoms with van der Waals surface area (Å²) in [6, 6.07) is 4.49. The topological polar surface area (TPSA) is 29.1 Å². The molecule has 0 spiro atoms. The van der Waals surface area contributed by atoms with Gasteiger partial charge in [0.2, 0.25) is 0 Å². The Hall–Kier alpha value is -0.900. The second-order valence-corrected chi connectivity index (χ2v) is 5.19. The van der Waals surface area contributed by atoms with Crippen LogP contribution in [0.2, 0.25) is 0 Å². The standard InChI is InChI=1S/C14H19BrFNO/c1-4-14(5-2,6-3)17-13(18)10-8-7-9-11(16)12(10)15/h7-9H,4-6H2,1-3H3,(H,17,18). The molecule has 0 aliphatic rings. The zero-order valence-electron chi connectivity index (χ0n) is 11.0. The molecule has 0 unspecified atom stereocenters. The largest absolute Gasteiger partial charge is 0.347 e. The molecule has 0 saturated carbocycles. The molecule has 0 atom stereocenters. The summed E-state index contributed by atoms with van der Waals surface area (Å²) in [5.41, 5.74) is 0.137. The lowest BCUT2D eigenvalue weighted by Gasteiger charge is -2.32. The minimum atomic E-state index is -0.419. The summed E-state index contributed by atoms with van der Waals surface area (Å²) in [6.45, 7) is 6.15. The molecule has 0 radical (unpaired) electrons. The molecule has 2 nitrogen and oxygen atoms in total. The van der Waals surface area contributed by atoms with Crippen molar-refractivity contribution in [3.05, 3.63) is 34.1 Å². The molecule has 0 saturated heterocycles. The average molecular weight is 316 g/mol. The minimum Gasteiger partial charge on any atom is -0.347 e. The first-order valence-corrected chi connectivity index (χ1v) is 7.05. The predicted octanol–water partition coefficient (Wildman–Crippen LogP) is 4.29. The number of rotatable bonds is 5. The van der Waals surface area contributed by atoms with E-state index in [1.54, 1.807) is 12.1 Å². The van der Waals surface area contributed by atoms with Gasteiger partial charge in [0.05, 0.1) is 10.0 Å². The highest BCUT2D eigenvalue weighted by molar-refractivity contribution is 9.10. The van der Waals surface area contributed by atoms with E-state index in [4.69, 9.17) is 0 Å². The van der Waals surface area contributed by atoms with Crippen molar-refractivity contribution in [3.8, 4) is 0 Å². The van der Waals surface area contributed by atoms with Crippen molar-refractivity contribution in [2.45, 2.75) is 45.6 Å². The van der Waals surface area contributed by atoms with Gasteiger partial charge < -0.3 is 5.32 Å². The highest BCUT2D eigenvalue weighted by atomic mass is 79.9. The van der Waals surface area contributed by atoms with Crippen LogP contribution in [0.15, 0.2) is 22.7 Å². The lowest BCUT2D eigenvalue weighted by atomic mass is 9.89. The predicted molar refractivity (Wildman–Crippen MR) is 75.2 cm³/mol. The van der Waals surface area contributed by atoms with E-state index in [0.717, 1.165) is 19.3 Å². The van der Waals surface area contributed by atoms with Gasteiger partial charge in [0.15, 0.2) is 0 Å². The molecule has 0 aliphatic carbocycles. The molecule has 1 N–H and O–H groups in total. The fourth-order valence-corrected chi connectivity index (χ4v) is 2.45. The molecule has 100 valence electrons. The zero-order valence-corrected chi connectivity index (χ0v) is 12.6. The second-order valence-electron chi connectivity index (χ2n) is 4.40. The van der Waals surface area contributed by atoms with Gasteiger partial charge in [0.1, 0.15) is 5.82 Å². The van der Waals surface area contributed by atoms with E-state index >= 15 is 0 Å². The molecule has 1 amide bonds. The summed E-state index contributed by atoms with van der Waals surface area (Å²) in [5.74, 6) is -0.648. The maximum Gasteiger partial charge on any atom is 0.252 e. The van der Waals surface area contributed by atoms with Crippen LogP contribution in [0, 0.1) is 5.82 Å². The molecule has 4 heteroatoms. The van der Waals surface area contributed by atoms with Crippen molar-refractivity contribution in [1.82, 2.24) is 5.32 Å². The van der Waals surface area contributed by atoms with Gasteiger partial charge in [-0.15, -0.1) is 0 Å². The van der Waals surface area contributed by atoms with Crippen molar-refractivity contribution in [3.63, 3.8) is 0 Å². The Morgan fingerprint density at radius 3 is 2.33 bits per heavy atom. The molecule has 0 aromatic heterocycles. The van der Waals surface area contributed by atoms with E-state index in [0.29, 0.717) is 5.56 Å². The average Bonchev–Trinajstić information content (AvgIpc) is 2.39. The fraction of sp³-hybridized carbons (Fsp3) is 0.500. The van der Waals surface area contributed by atoms with Gasteiger partial charge in [-0.3, -0.25) is 4.79 Å². The van der Waals surface area contributed by atoms with Crippen LogP contribution in [0.3, 0.4) is 0 Å². The van der Waals surface area contributed by atoms with Crippen molar-refractivity contribution in [1.29, 1.82) is 0 Å². The Labute approximate surface area is 116 Å². The van der Waals surface area contributed by atoms with E-state index in [2.05, 4.69) is 21.2 Å². The monoisotopic (exact) mass is 315 g/mol. The van der Waals surface area contributed by atoms with Crippen LogP contribution in [0.25, 0.3) is 0 Å². The summed E-state index contributed by atoms with van der Waals surface area (Å²) in [6.07, 6.45) is 2.58. The summed E-state index contributed by atoms with van der Waals surface area (Å²) in [4.78, 5) is 12.2. The minimum absolute atomic E-state index is 0.206.